The molecule has 1 aromatic carbocycles. The third-order valence-electron chi connectivity index (χ3n) is 5.00. The van der Waals surface area contributed by atoms with Crippen LogP contribution >= 0.6 is 0 Å². The summed E-state index contributed by atoms with van der Waals surface area (Å²) in [4.78, 5) is 22.8. The Morgan fingerprint density at radius 3 is 2.93 bits per heavy atom. The standard InChI is InChI=1S/C22H22N4O2/c1-4-15-9-10-18(14(2)12-15)24-21-19(22(27)25-28-13-16-7-8-16)17-6-5-11-23-20(17)26(21)3/h1,5-6,9-12,16,24H,7-8,13H2,2-3H3,(H,25,27). The van der Waals surface area contributed by atoms with Crippen LogP contribution in [-0.4, -0.2) is 22.1 Å². The minimum atomic E-state index is -0.292. The zero-order valence-electron chi connectivity index (χ0n) is 16.0. The number of hydroxylamine groups is 1. The third kappa shape index (κ3) is 3.45. The molecule has 2 heterocycles. The monoisotopic (exact) mass is 374 g/mol. The average molecular weight is 374 g/mol. The quantitative estimate of drug-likeness (QED) is 0.510. The van der Waals surface area contributed by atoms with Gasteiger partial charge in [-0.2, -0.15) is 0 Å². The number of anilines is 2. The second-order valence-electron chi connectivity index (χ2n) is 7.14. The van der Waals surface area contributed by atoms with Crippen molar-refractivity contribution in [2.75, 3.05) is 11.9 Å². The highest BCUT2D eigenvalue weighted by atomic mass is 16.7. The number of benzene rings is 1. The number of fused-ring (bicyclic) bond motifs is 1. The van der Waals surface area contributed by atoms with Gasteiger partial charge in [0.05, 0.1) is 12.2 Å². The molecule has 1 aliphatic rings. The molecule has 0 bridgehead atoms. The molecular formula is C22H22N4O2. The van der Waals surface area contributed by atoms with Gasteiger partial charge in [-0.3, -0.25) is 9.63 Å². The number of nitrogens with one attached hydrogen (secondary N) is 2. The number of hydrogen-bond acceptors (Lipinski definition) is 4. The van der Waals surface area contributed by atoms with Gasteiger partial charge in [-0.15, -0.1) is 6.42 Å². The fourth-order valence-electron chi connectivity index (χ4n) is 3.22. The zero-order valence-corrected chi connectivity index (χ0v) is 16.0. The first kappa shape index (κ1) is 18.1. The van der Waals surface area contributed by atoms with Crippen molar-refractivity contribution in [1.82, 2.24) is 15.0 Å². The number of rotatable bonds is 6. The van der Waals surface area contributed by atoms with Crippen LogP contribution in [0.2, 0.25) is 0 Å². The number of terminal acetylenes is 1. The van der Waals surface area contributed by atoms with Gasteiger partial charge in [-0.25, -0.2) is 10.5 Å². The van der Waals surface area contributed by atoms with Crippen molar-refractivity contribution >= 4 is 28.4 Å². The van der Waals surface area contributed by atoms with Gasteiger partial charge in [0.1, 0.15) is 11.5 Å². The molecule has 6 heteroatoms. The predicted molar refractivity (Wildman–Crippen MR) is 109 cm³/mol. The lowest BCUT2D eigenvalue weighted by molar-refractivity contribution is 0.0272. The average Bonchev–Trinajstić information content (AvgIpc) is 3.48. The minimum absolute atomic E-state index is 0.292. The summed E-state index contributed by atoms with van der Waals surface area (Å²) in [6.07, 6.45) is 9.52. The van der Waals surface area contributed by atoms with E-state index in [1.807, 2.05) is 48.9 Å². The SMILES string of the molecule is C#Cc1ccc(Nc2c(C(=O)NOCC3CC3)c3cccnc3n2C)c(C)c1. The molecule has 1 aliphatic carbocycles. The van der Waals surface area contributed by atoms with E-state index < -0.39 is 0 Å². The number of pyridine rings is 1. The van der Waals surface area contributed by atoms with Crippen LogP contribution in [-0.2, 0) is 11.9 Å². The molecule has 0 spiro atoms. The summed E-state index contributed by atoms with van der Waals surface area (Å²) < 4.78 is 1.87. The Bertz CT molecular complexity index is 1090. The lowest BCUT2D eigenvalue weighted by Crippen LogP contribution is -2.25. The molecule has 1 amide bonds. The van der Waals surface area contributed by atoms with Crippen LogP contribution in [0.1, 0.15) is 34.3 Å². The van der Waals surface area contributed by atoms with Crippen LogP contribution in [0.5, 0.6) is 0 Å². The number of nitrogens with zero attached hydrogens (tertiary/aromatic N) is 2. The second kappa shape index (κ2) is 7.37. The van der Waals surface area contributed by atoms with Gasteiger partial charge < -0.3 is 9.88 Å². The maximum absolute atomic E-state index is 12.9. The van der Waals surface area contributed by atoms with Gasteiger partial charge in [0, 0.05) is 29.9 Å². The van der Waals surface area contributed by atoms with Crippen molar-refractivity contribution in [1.29, 1.82) is 0 Å². The van der Waals surface area contributed by atoms with Crippen molar-refractivity contribution in [3.8, 4) is 12.3 Å². The molecule has 142 valence electrons. The van der Waals surface area contributed by atoms with Gasteiger partial charge in [-0.1, -0.05) is 5.92 Å². The minimum Gasteiger partial charge on any atom is -0.341 e. The van der Waals surface area contributed by atoms with E-state index in [1.54, 1.807) is 6.20 Å². The Hall–Kier alpha value is -3.30. The number of aryl methyl sites for hydroxylation is 2. The molecule has 2 aromatic heterocycles. The van der Waals surface area contributed by atoms with Crippen molar-refractivity contribution < 1.29 is 9.63 Å². The van der Waals surface area contributed by atoms with Crippen molar-refractivity contribution in [2.24, 2.45) is 13.0 Å². The van der Waals surface area contributed by atoms with E-state index in [-0.39, 0.29) is 5.91 Å². The summed E-state index contributed by atoms with van der Waals surface area (Å²) in [6.45, 7) is 2.52. The highest BCUT2D eigenvalue weighted by Gasteiger charge is 2.25. The smallest absolute Gasteiger partial charge is 0.279 e. The number of carbonyl (C=O) groups is 1. The molecule has 0 atom stereocenters. The largest absolute Gasteiger partial charge is 0.341 e. The van der Waals surface area contributed by atoms with E-state index in [0.29, 0.717) is 23.9 Å². The number of carbonyl (C=O) groups excluding carboxylic acids is 1. The molecular weight excluding hydrogens is 352 g/mol. The fourth-order valence-corrected chi connectivity index (χ4v) is 3.22. The van der Waals surface area contributed by atoms with Crippen LogP contribution in [0.3, 0.4) is 0 Å². The summed E-state index contributed by atoms with van der Waals surface area (Å²) in [7, 11) is 1.88. The van der Waals surface area contributed by atoms with E-state index >= 15 is 0 Å². The van der Waals surface area contributed by atoms with Crippen LogP contribution in [0.4, 0.5) is 11.5 Å². The summed E-state index contributed by atoms with van der Waals surface area (Å²) in [5.74, 6) is 3.55. The van der Waals surface area contributed by atoms with E-state index in [0.717, 1.165) is 40.7 Å². The Morgan fingerprint density at radius 2 is 2.21 bits per heavy atom. The highest BCUT2D eigenvalue weighted by Crippen LogP contribution is 2.32. The van der Waals surface area contributed by atoms with Gasteiger partial charge >= 0.3 is 0 Å². The highest BCUT2D eigenvalue weighted by molar-refractivity contribution is 6.11. The zero-order chi connectivity index (χ0) is 19.7. The van der Waals surface area contributed by atoms with E-state index in [9.17, 15) is 4.79 Å². The summed E-state index contributed by atoms with van der Waals surface area (Å²) in [5, 5.41) is 4.14. The van der Waals surface area contributed by atoms with Crippen LogP contribution in [0.25, 0.3) is 11.0 Å². The molecule has 1 fully saturated rings. The number of aromatic nitrogens is 2. The molecule has 6 nitrogen and oxygen atoms in total. The maximum Gasteiger partial charge on any atom is 0.279 e. The maximum atomic E-state index is 12.9. The van der Waals surface area contributed by atoms with E-state index in [4.69, 9.17) is 11.3 Å². The number of amides is 1. The first-order valence-corrected chi connectivity index (χ1v) is 9.28. The molecule has 1 saturated carbocycles. The first-order chi connectivity index (χ1) is 13.6. The Kier molecular flexibility index (Phi) is 4.76. The molecule has 28 heavy (non-hydrogen) atoms. The van der Waals surface area contributed by atoms with Gasteiger partial charge in [0.2, 0.25) is 0 Å². The lowest BCUT2D eigenvalue weighted by atomic mass is 10.1. The first-order valence-electron chi connectivity index (χ1n) is 9.28. The molecule has 3 aromatic rings. The van der Waals surface area contributed by atoms with Gasteiger partial charge in [0.25, 0.3) is 5.91 Å². The van der Waals surface area contributed by atoms with Crippen molar-refractivity contribution in [3.63, 3.8) is 0 Å². The van der Waals surface area contributed by atoms with Gasteiger partial charge in [-0.05, 0) is 61.6 Å². The lowest BCUT2D eigenvalue weighted by Gasteiger charge is -2.13. The Labute approximate surface area is 163 Å². The summed E-state index contributed by atoms with van der Waals surface area (Å²) >= 11 is 0. The van der Waals surface area contributed by atoms with Crippen LogP contribution in [0, 0.1) is 25.2 Å². The molecule has 4 rings (SSSR count). The molecule has 2 N–H and O–H groups in total. The van der Waals surface area contributed by atoms with Crippen molar-refractivity contribution in [3.05, 3.63) is 53.2 Å². The Morgan fingerprint density at radius 1 is 1.39 bits per heavy atom. The van der Waals surface area contributed by atoms with Crippen molar-refractivity contribution in [2.45, 2.75) is 19.8 Å². The predicted octanol–water partition coefficient (Wildman–Crippen LogP) is 3.68. The van der Waals surface area contributed by atoms with E-state index in [2.05, 4.69) is 21.7 Å². The summed E-state index contributed by atoms with van der Waals surface area (Å²) in [6, 6.07) is 9.43. The molecule has 0 saturated heterocycles. The normalized spacial score (nSPS) is 13.3. The van der Waals surface area contributed by atoms with Crippen LogP contribution in [0.15, 0.2) is 36.5 Å². The van der Waals surface area contributed by atoms with Crippen LogP contribution < -0.4 is 10.8 Å². The molecule has 0 radical (unpaired) electrons. The fraction of sp³-hybridized carbons (Fsp3) is 0.273. The molecule has 0 unspecified atom stereocenters. The van der Waals surface area contributed by atoms with E-state index in [1.165, 1.54) is 0 Å². The molecule has 0 aliphatic heterocycles. The Balaban J connectivity index is 1.71. The second-order valence-corrected chi connectivity index (χ2v) is 7.14. The summed E-state index contributed by atoms with van der Waals surface area (Å²) in [5.41, 5.74) is 6.48. The van der Waals surface area contributed by atoms with Gasteiger partial charge in [0.15, 0.2) is 0 Å². The third-order valence-corrected chi connectivity index (χ3v) is 5.00. The number of hydrogen-bond donors (Lipinski definition) is 2. The topological polar surface area (TPSA) is 68.2 Å².